The summed E-state index contributed by atoms with van der Waals surface area (Å²) in [5, 5.41) is 0. The highest BCUT2D eigenvalue weighted by Crippen LogP contribution is 2.24. The minimum atomic E-state index is -0.531. The Bertz CT molecular complexity index is 1010. The van der Waals surface area contributed by atoms with Crippen LogP contribution in [0.1, 0.15) is 60.6 Å². The summed E-state index contributed by atoms with van der Waals surface area (Å²) < 4.78 is 5.07. The van der Waals surface area contributed by atoms with Gasteiger partial charge in [0, 0.05) is 18.5 Å². The Morgan fingerprint density at radius 1 is 0.897 bits per heavy atom. The van der Waals surface area contributed by atoms with E-state index >= 15 is 0 Å². The van der Waals surface area contributed by atoms with Gasteiger partial charge in [0.05, 0.1) is 11.1 Å². The molecule has 29 heavy (non-hydrogen) atoms. The van der Waals surface area contributed by atoms with E-state index in [0.29, 0.717) is 16.7 Å². The highest BCUT2D eigenvalue weighted by Gasteiger charge is 2.35. The number of ketones is 1. The van der Waals surface area contributed by atoms with Gasteiger partial charge in [-0.25, -0.2) is 0 Å². The van der Waals surface area contributed by atoms with Crippen molar-refractivity contribution in [2.75, 3.05) is 13.2 Å². The van der Waals surface area contributed by atoms with Gasteiger partial charge in [0.2, 0.25) is 5.78 Å². The molecular formula is C23H23NO5. The number of Topliss-reactive ketones (excluding diaryl/α,β-unsaturated/α-hetero) is 1. The van der Waals surface area contributed by atoms with Crippen molar-refractivity contribution in [3.8, 4) is 0 Å². The molecule has 3 rings (SSSR count). The van der Waals surface area contributed by atoms with Crippen LogP contribution in [-0.2, 0) is 9.53 Å². The number of carbonyl (C=O) groups excluding carboxylic acids is 4. The Morgan fingerprint density at radius 2 is 1.55 bits per heavy atom. The van der Waals surface area contributed by atoms with Crippen LogP contribution in [0.15, 0.2) is 36.4 Å². The third-order valence-electron chi connectivity index (χ3n) is 4.95. The molecule has 0 bridgehead atoms. The topological polar surface area (TPSA) is 80.8 Å². The lowest BCUT2D eigenvalue weighted by Gasteiger charge is -2.13. The summed E-state index contributed by atoms with van der Waals surface area (Å²) in [5.74, 6) is -1.47. The smallest absolute Gasteiger partial charge is 0.306 e. The summed E-state index contributed by atoms with van der Waals surface area (Å²) >= 11 is 0. The minimum Gasteiger partial charge on any atom is -0.457 e. The SMILES string of the molecule is Cc1ccc(C)c(C(=O)COC(=O)CCCN2C(=O)c3ccc(C)cc3C2=O)c1. The molecule has 1 heterocycles. The number of hydrogen-bond donors (Lipinski definition) is 0. The van der Waals surface area contributed by atoms with E-state index in [2.05, 4.69) is 0 Å². The molecule has 0 N–H and O–H groups in total. The molecule has 0 atom stereocenters. The highest BCUT2D eigenvalue weighted by molar-refractivity contribution is 6.21. The first-order valence-electron chi connectivity index (χ1n) is 9.51. The van der Waals surface area contributed by atoms with E-state index in [1.54, 1.807) is 24.3 Å². The van der Waals surface area contributed by atoms with Crippen LogP contribution in [0.3, 0.4) is 0 Å². The Labute approximate surface area is 169 Å². The third-order valence-corrected chi connectivity index (χ3v) is 4.95. The van der Waals surface area contributed by atoms with Crippen LogP contribution in [0.5, 0.6) is 0 Å². The number of rotatable bonds is 7. The van der Waals surface area contributed by atoms with Gasteiger partial charge in [-0.1, -0.05) is 29.3 Å². The monoisotopic (exact) mass is 393 g/mol. The second-order valence-electron chi connectivity index (χ2n) is 7.32. The maximum Gasteiger partial charge on any atom is 0.306 e. The fraction of sp³-hybridized carbons (Fsp3) is 0.304. The summed E-state index contributed by atoms with van der Waals surface area (Å²) in [7, 11) is 0. The number of imide groups is 1. The predicted octanol–water partition coefficient (Wildman–Crippen LogP) is 3.41. The van der Waals surface area contributed by atoms with E-state index in [1.807, 2.05) is 32.9 Å². The van der Waals surface area contributed by atoms with Gasteiger partial charge in [0.15, 0.2) is 6.61 Å². The standard InChI is InChI=1S/C23H23NO5/c1-14-6-8-16(3)18(11-14)20(25)13-29-21(26)5-4-10-24-22(27)17-9-7-15(2)12-19(17)23(24)28/h6-9,11-12H,4-5,10,13H2,1-3H3. The van der Waals surface area contributed by atoms with Crippen molar-refractivity contribution in [1.29, 1.82) is 0 Å². The van der Waals surface area contributed by atoms with Crippen molar-refractivity contribution in [1.82, 2.24) is 4.90 Å². The lowest BCUT2D eigenvalue weighted by molar-refractivity contribution is -0.142. The van der Waals surface area contributed by atoms with Gasteiger partial charge in [-0.2, -0.15) is 0 Å². The molecular weight excluding hydrogens is 370 g/mol. The quantitative estimate of drug-likeness (QED) is 0.409. The van der Waals surface area contributed by atoms with E-state index in [9.17, 15) is 19.2 Å². The number of ether oxygens (including phenoxy) is 1. The van der Waals surface area contributed by atoms with Crippen LogP contribution >= 0.6 is 0 Å². The van der Waals surface area contributed by atoms with Gasteiger partial charge in [0.1, 0.15) is 0 Å². The number of esters is 1. The number of carbonyl (C=O) groups is 4. The number of aryl methyl sites for hydroxylation is 3. The van der Waals surface area contributed by atoms with Crippen molar-refractivity contribution in [3.05, 3.63) is 69.8 Å². The fourth-order valence-electron chi connectivity index (χ4n) is 3.32. The van der Waals surface area contributed by atoms with Gasteiger partial charge in [-0.05, 0) is 51.0 Å². The van der Waals surface area contributed by atoms with Crippen LogP contribution in [0.2, 0.25) is 0 Å². The molecule has 0 radical (unpaired) electrons. The zero-order valence-electron chi connectivity index (χ0n) is 16.8. The van der Waals surface area contributed by atoms with Gasteiger partial charge in [0.25, 0.3) is 11.8 Å². The number of nitrogens with zero attached hydrogens (tertiary/aromatic N) is 1. The van der Waals surface area contributed by atoms with Crippen molar-refractivity contribution in [2.45, 2.75) is 33.6 Å². The fourth-order valence-corrected chi connectivity index (χ4v) is 3.32. The Kier molecular flexibility index (Phi) is 5.92. The van der Waals surface area contributed by atoms with Crippen molar-refractivity contribution < 1.29 is 23.9 Å². The van der Waals surface area contributed by atoms with E-state index in [-0.39, 0.29) is 43.6 Å². The van der Waals surface area contributed by atoms with Crippen LogP contribution in [0.4, 0.5) is 0 Å². The molecule has 1 aliphatic heterocycles. The molecule has 0 unspecified atom stereocenters. The van der Waals surface area contributed by atoms with Gasteiger partial charge >= 0.3 is 5.97 Å². The summed E-state index contributed by atoms with van der Waals surface area (Å²) in [6.45, 7) is 5.39. The van der Waals surface area contributed by atoms with E-state index < -0.39 is 5.97 Å². The molecule has 0 aliphatic carbocycles. The van der Waals surface area contributed by atoms with Crippen LogP contribution < -0.4 is 0 Å². The van der Waals surface area contributed by atoms with Crippen molar-refractivity contribution >= 4 is 23.6 Å². The largest absolute Gasteiger partial charge is 0.457 e. The molecule has 0 saturated heterocycles. The third kappa shape index (κ3) is 4.42. The number of hydrogen-bond acceptors (Lipinski definition) is 5. The number of fused-ring (bicyclic) bond motifs is 1. The molecule has 1 aliphatic rings. The first-order valence-corrected chi connectivity index (χ1v) is 9.51. The van der Waals surface area contributed by atoms with Crippen molar-refractivity contribution in [3.63, 3.8) is 0 Å². The zero-order chi connectivity index (χ0) is 21.1. The summed E-state index contributed by atoms with van der Waals surface area (Å²) in [6.07, 6.45) is 0.299. The Hall–Kier alpha value is -3.28. The molecule has 150 valence electrons. The average molecular weight is 393 g/mol. The lowest BCUT2D eigenvalue weighted by Crippen LogP contribution is -2.31. The Balaban J connectivity index is 1.48. The van der Waals surface area contributed by atoms with Gasteiger partial charge in [-0.3, -0.25) is 24.1 Å². The molecule has 0 fully saturated rings. The maximum absolute atomic E-state index is 12.4. The first-order chi connectivity index (χ1) is 13.8. The Morgan fingerprint density at radius 3 is 2.31 bits per heavy atom. The molecule has 6 heteroatoms. The van der Waals surface area contributed by atoms with Crippen LogP contribution in [0, 0.1) is 20.8 Å². The first kappa shape index (κ1) is 20.5. The lowest BCUT2D eigenvalue weighted by atomic mass is 10.0. The minimum absolute atomic E-state index is 0.0203. The van der Waals surface area contributed by atoms with Gasteiger partial charge < -0.3 is 4.74 Å². The van der Waals surface area contributed by atoms with Crippen molar-refractivity contribution in [2.24, 2.45) is 0 Å². The molecule has 0 spiro atoms. The highest BCUT2D eigenvalue weighted by atomic mass is 16.5. The normalized spacial score (nSPS) is 12.9. The van der Waals surface area contributed by atoms with E-state index in [4.69, 9.17) is 4.74 Å². The molecule has 0 aromatic heterocycles. The molecule has 6 nitrogen and oxygen atoms in total. The number of benzene rings is 2. The summed E-state index contributed by atoms with van der Waals surface area (Å²) in [6, 6.07) is 10.7. The molecule has 2 aromatic carbocycles. The van der Waals surface area contributed by atoms with Crippen LogP contribution in [0.25, 0.3) is 0 Å². The van der Waals surface area contributed by atoms with Crippen LogP contribution in [-0.4, -0.2) is 41.6 Å². The molecule has 0 saturated carbocycles. The maximum atomic E-state index is 12.4. The van der Waals surface area contributed by atoms with E-state index in [0.717, 1.165) is 21.6 Å². The second kappa shape index (κ2) is 8.39. The average Bonchev–Trinajstić information content (AvgIpc) is 2.92. The second-order valence-corrected chi connectivity index (χ2v) is 7.32. The molecule has 2 aromatic rings. The number of amides is 2. The predicted molar refractivity (Wildman–Crippen MR) is 107 cm³/mol. The van der Waals surface area contributed by atoms with Gasteiger partial charge in [-0.15, -0.1) is 0 Å². The molecule has 2 amide bonds. The summed E-state index contributed by atoms with van der Waals surface area (Å²) in [5.41, 5.74) is 4.03. The zero-order valence-corrected chi connectivity index (χ0v) is 16.8. The van der Waals surface area contributed by atoms with E-state index in [1.165, 1.54) is 0 Å². The summed E-state index contributed by atoms with van der Waals surface area (Å²) in [4.78, 5) is 50.2.